The standard InChI is InChI=1S/C39H79NO4SSi/c1-4-6-8-10-12-14-16-17-18-19-20-21-22-24-26-28-31-39-32-34-43-46(44-40-37-39,36-30-35-45-38(3)41)42-33-29-27-25-23-15-13-11-9-7-5-2/h39-40H,4-37H2,1-3H3. The lowest BCUT2D eigenvalue weighted by atomic mass is 9.97. The van der Waals surface area contributed by atoms with Gasteiger partial charge < -0.3 is 8.85 Å². The summed E-state index contributed by atoms with van der Waals surface area (Å²) in [6.45, 7) is 8.56. The molecule has 1 rings (SSSR count). The maximum absolute atomic E-state index is 11.4. The van der Waals surface area contributed by atoms with Gasteiger partial charge in [-0.3, -0.25) is 9.32 Å². The van der Waals surface area contributed by atoms with Crippen LogP contribution in [0.25, 0.3) is 0 Å². The first-order valence-electron chi connectivity index (χ1n) is 20.4. The van der Waals surface area contributed by atoms with Gasteiger partial charge in [-0.05, 0) is 31.6 Å². The molecule has 0 aromatic rings. The largest absolute Gasteiger partial charge is 0.517 e. The minimum absolute atomic E-state index is 0.177. The highest BCUT2D eigenvalue weighted by atomic mass is 32.2. The molecule has 1 heterocycles. The summed E-state index contributed by atoms with van der Waals surface area (Å²) < 4.78 is 19.2. The normalized spacial score (nSPS) is 18.9. The summed E-state index contributed by atoms with van der Waals surface area (Å²) in [7, 11) is -2.77. The van der Waals surface area contributed by atoms with Crippen molar-refractivity contribution in [3.05, 3.63) is 0 Å². The fraction of sp³-hybridized carbons (Fsp3) is 0.974. The van der Waals surface area contributed by atoms with E-state index in [9.17, 15) is 4.79 Å². The Balaban J connectivity index is 2.15. The molecule has 2 atom stereocenters. The number of thioether (sulfide) groups is 1. The molecular weight excluding hydrogens is 607 g/mol. The molecular formula is C39H79NO4SSi. The van der Waals surface area contributed by atoms with Gasteiger partial charge in [0.15, 0.2) is 5.12 Å². The number of hydrogen-bond acceptors (Lipinski definition) is 6. The number of carbonyl (C=O) groups is 1. The molecule has 1 saturated heterocycles. The molecule has 46 heavy (non-hydrogen) atoms. The van der Waals surface area contributed by atoms with Gasteiger partial charge in [0.25, 0.3) is 0 Å². The minimum Gasteiger partial charge on any atom is -0.373 e. The molecule has 1 aliphatic heterocycles. The molecule has 2 unspecified atom stereocenters. The molecule has 1 aliphatic rings. The average molecular weight is 686 g/mol. The summed E-state index contributed by atoms with van der Waals surface area (Å²) in [5.74, 6) is 1.41. The smallest absolute Gasteiger partial charge is 0.373 e. The third kappa shape index (κ3) is 28.0. The van der Waals surface area contributed by atoms with Crippen LogP contribution in [0.3, 0.4) is 0 Å². The van der Waals surface area contributed by atoms with E-state index < -0.39 is 8.80 Å². The van der Waals surface area contributed by atoms with Gasteiger partial charge in [-0.1, -0.05) is 186 Å². The van der Waals surface area contributed by atoms with Gasteiger partial charge in [0.2, 0.25) is 0 Å². The summed E-state index contributed by atoms with van der Waals surface area (Å²) in [6.07, 6.45) is 39.0. The van der Waals surface area contributed by atoms with E-state index in [0.717, 1.165) is 44.2 Å². The highest BCUT2D eigenvalue weighted by molar-refractivity contribution is 8.13. The zero-order valence-corrected chi connectivity index (χ0v) is 33.0. The van der Waals surface area contributed by atoms with Crippen LogP contribution in [0.15, 0.2) is 0 Å². The van der Waals surface area contributed by atoms with Crippen LogP contribution in [0.4, 0.5) is 0 Å². The van der Waals surface area contributed by atoms with Crippen LogP contribution >= 0.6 is 11.8 Å². The summed E-state index contributed by atoms with van der Waals surface area (Å²) in [4.78, 5) is 11.4. The predicted molar refractivity (Wildman–Crippen MR) is 203 cm³/mol. The number of hydroxylamine groups is 1. The Labute approximate surface area is 292 Å². The maximum Gasteiger partial charge on any atom is 0.517 e. The molecule has 274 valence electrons. The van der Waals surface area contributed by atoms with Crippen molar-refractivity contribution in [2.45, 2.75) is 213 Å². The lowest BCUT2D eigenvalue weighted by Crippen LogP contribution is -2.52. The summed E-state index contributed by atoms with van der Waals surface area (Å²) >= 11 is 1.39. The Bertz CT molecular complexity index is 645. The monoisotopic (exact) mass is 686 g/mol. The third-order valence-electron chi connectivity index (χ3n) is 9.67. The number of unbranched alkanes of at least 4 members (excludes halogenated alkanes) is 24. The van der Waals surface area contributed by atoms with E-state index in [0.29, 0.717) is 12.5 Å². The van der Waals surface area contributed by atoms with Gasteiger partial charge in [-0.25, -0.2) is 5.48 Å². The first-order valence-corrected chi connectivity index (χ1v) is 23.4. The van der Waals surface area contributed by atoms with E-state index in [2.05, 4.69) is 19.3 Å². The quantitative estimate of drug-likeness (QED) is 0.0548. The Hall–Kier alpha value is 0.0769. The Morgan fingerprint density at radius 1 is 0.674 bits per heavy atom. The Morgan fingerprint density at radius 2 is 1.13 bits per heavy atom. The average Bonchev–Trinajstić information content (AvgIpc) is 3.03. The second-order valence-electron chi connectivity index (χ2n) is 14.2. The van der Waals surface area contributed by atoms with Crippen LogP contribution in [0.1, 0.15) is 207 Å². The second kappa shape index (κ2) is 33.6. The van der Waals surface area contributed by atoms with Crippen LogP contribution in [-0.4, -0.2) is 39.4 Å². The summed E-state index contributed by atoms with van der Waals surface area (Å²) in [6, 6.07) is 0.780. The van der Waals surface area contributed by atoms with E-state index in [4.69, 9.17) is 13.4 Å². The van der Waals surface area contributed by atoms with Gasteiger partial charge >= 0.3 is 8.80 Å². The third-order valence-corrected chi connectivity index (χ3v) is 13.3. The van der Waals surface area contributed by atoms with Crippen LogP contribution in [0.2, 0.25) is 6.04 Å². The zero-order chi connectivity index (χ0) is 33.2. The van der Waals surface area contributed by atoms with Crippen molar-refractivity contribution in [3.63, 3.8) is 0 Å². The molecule has 1 N–H and O–H groups in total. The summed E-state index contributed by atoms with van der Waals surface area (Å²) in [5.41, 5.74) is 3.31. The number of carbonyl (C=O) groups excluding carboxylic acids is 1. The Kier molecular flexibility index (Phi) is 32.2. The number of nitrogens with one attached hydrogen (secondary N) is 1. The SMILES string of the molecule is CCCCCCCCCCCCCCCCCCC1CCO[Si](CCCSC(C)=O)(OCCCCCCCCCCCC)ONC1. The van der Waals surface area contributed by atoms with Crippen molar-refractivity contribution < 1.29 is 18.2 Å². The van der Waals surface area contributed by atoms with Crippen molar-refractivity contribution in [1.29, 1.82) is 0 Å². The fourth-order valence-corrected chi connectivity index (χ4v) is 9.82. The van der Waals surface area contributed by atoms with E-state index >= 15 is 0 Å². The first-order chi connectivity index (χ1) is 22.6. The highest BCUT2D eigenvalue weighted by Gasteiger charge is 2.42. The molecule has 0 saturated carbocycles. The van der Waals surface area contributed by atoms with Crippen molar-refractivity contribution in [3.8, 4) is 0 Å². The van der Waals surface area contributed by atoms with Gasteiger partial charge in [0.1, 0.15) is 0 Å². The van der Waals surface area contributed by atoms with Crippen LogP contribution < -0.4 is 5.48 Å². The molecule has 1 fully saturated rings. The van der Waals surface area contributed by atoms with Crippen LogP contribution in [0.5, 0.6) is 0 Å². The van der Waals surface area contributed by atoms with E-state index in [1.807, 2.05) is 0 Å². The topological polar surface area (TPSA) is 56.8 Å². The van der Waals surface area contributed by atoms with Gasteiger partial charge in [-0.15, -0.1) is 0 Å². The van der Waals surface area contributed by atoms with Gasteiger partial charge in [-0.2, -0.15) is 0 Å². The number of rotatable bonds is 33. The van der Waals surface area contributed by atoms with Crippen LogP contribution in [0, 0.1) is 5.92 Å². The van der Waals surface area contributed by atoms with Crippen LogP contribution in [-0.2, 0) is 18.2 Å². The lowest BCUT2D eigenvalue weighted by molar-refractivity contribution is -0.109. The molecule has 7 heteroatoms. The molecule has 0 amide bonds. The van der Waals surface area contributed by atoms with Crippen molar-refractivity contribution >= 4 is 25.7 Å². The van der Waals surface area contributed by atoms with E-state index in [1.54, 1.807) is 6.92 Å². The van der Waals surface area contributed by atoms with Crippen molar-refractivity contribution in [2.75, 3.05) is 25.5 Å². The molecule has 0 aromatic carbocycles. The van der Waals surface area contributed by atoms with Gasteiger partial charge in [0, 0.05) is 38.5 Å². The molecule has 0 bridgehead atoms. The molecule has 0 spiro atoms. The first kappa shape index (κ1) is 44.1. The number of hydrogen-bond donors (Lipinski definition) is 1. The molecule has 0 aliphatic carbocycles. The molecule has 0 aromatic heterocycles. The van der Waals surface area contributed by atoms with Crippen molar-refractivity contribution in [1.82, 2.24) is 5.48 Å². The van der Waals surface area contributed by atoms with E-state index in [-0.39, 0.29) is 5.12 Å². The van der Waals surface area contributed by atoms with Gasteiger partial charge in [0.05, 0.1) is 0 Å². The zero-order valence-electron chi connectivity index (χ0n) is 31.2. The highest BCUT2D eigenvalue weighted by Crippen LogP contribution is 2.25. The summed E-state index contributed by atoms with van der Waals surface area (Å²) in [5, 5.41) is 0.177. The molecule has 5 nitrogen and oxygen atoms in total. The van der Waals surface area contributed by atoms with E-state index in [1.165, 1.54) is 179 Å². The predicted octanol–water partition coefficient (Wildman–Crippen LogP) is 12.7. The van der Waals surface area contributed by atoms with Crippen molar-refractivity contribution in [2.24, 2.45) is 5.92 Å². The second-order valence-corrected chi connectivity index (χ2v) is 18.1. The minimum atomic E-state index is -2.77. The fourth-order valence-electron chi connectivity index (χ4n) is 6.60. The maximum atomic E-state index is 11.4. The molecule has 0 radical (unpaired) electrons. The lowest BCUT2D eigenvalue weighted by Gasteiger charge is -2.33. The Morgan fingerprint density at radius 3 is 1.61 bits per heavy atom.